The first kappa shape index (κ1) is 16.2. The molecule has 114 valence electrons. The van der Waals surface area contributed by atoms with Gasteiger partial charge in [-0.3, -0.25) is 4.79 Å². The van der Waals surface area contributed by atoms with Gasteiger partial charge in [0.05, 0.1) is 12.5 Å². The highest BCUT2D eigenvalue weighted by Gasteiger charge is 2.44. The van der Waals surface area contributed by atoms with Gasteiger partial charge in [-0.1, -0.05) is 6.92 Å². The molecule has 0 aromatic heterocycles. The van der Waals surface area contributed by atoms with Gasteiger partial charge in [-0.15, -0.1) is 0 Å². The molecule has 1 aliphatic heterocycles. The summed E-state index contributed by atoms with van der Waals surface area (Å²) in [7, 11) is 3.04. The highest BCUT2D eigenvalue weighted by atomic mass is 16.5. The van der Waals surface area contributed by atoms with Crippen molar-refractivity contribution in [2.75, 3.05) is 33.9 Å². The number of carboxylic acids is 1. The fourth-order valence-electron chi connectivity index (χ4n) is 2.01. The first-order valence-electron chi connectivity index (χ1n) is 6.38. The van der Waals surface area contributed by atoms with Crippen LogP contribution in [-0.4, -0.2) is 67.3 Å². The maximum Gasteiger partial charge on any atom is 0.332 e. The first-order chi connectivity index (χ1) is 9.32. The summed E-state index contributed by atoms with van der Waals surface area (Å²) in [6, 6.07) is -0.534. The molecule has 0 radical (unpaired) electrons. The molecule has 0 aromatic carbocycles. The maximum atomic E-state index is 12.0. The van der Waals surface area contributed by atoms with Crippen molar-refractivity contribution < 1.29 is 24.2 Å². The summed E-state index contributed by atoms with van der Waals surface area (Å²) >= 11 is 0. The van der Waals surface area contributed by atoms with E-state index < -0.39 is 17.5 Å². The number of hydrogen-bond acceptors (Lipinski definition) is 4. The van der Waals surface area contributed by atoms with E-state index in [0.29, 0.717) is 6.61 Å². The van der Waals surface area contributed by atoms with Crippen LogP contribution in [0.3, 0.4) is 0 Å². The number of aliphatic carboxylic acids is 1. The molecule has 8 heteroatoms. The number of nitrogens with one attached hydrogen (secondary N) is 2. The standard InChI is InChI=1S/C12H21N3O5/c1-8(9(16)13-2)6-15(3)11(19)14-12(10(17)18)4-5-20-7-12/h8H,4-7H2,1-3H3,(H,13,16)(H,14,19)(H,17,18). The van der Waals surface area contributed by atoms with Crippen LogP contribution in [0.15, 0.2) is 0 Å². The quantitative estimate of drug-likeness (QED) is 0.617. The Labute approximate surface area is 117 Å². The number of hydrogen-bond donors (Lipinski definition) is 3. The smallest absolute Gasteiger partial charge is 0.332 e. The highest BCUT2D eigenvalue weighted by Crippen LogP contribution is 2.19. The zero-order chi connectivity index (χ0) is 15.3. The van der Waals surface area contributed by atoms with Crippen LogP contribution in [0.5, 0.6) is 0 Å². The van der Waals surface area contributed by atoms with Crippen LogP contribution in [-0.2, 0) is 14.3 Å². The topological polar surface area (TPSA) is 108 Å². The van der Waals surface area contributed by atoms with Gasteiger partial charge in [-0.2, -0.15) is 0 Å². The minimum Gasteiger partial charge on any atom is -0.479 e. The molecular formula is C12H21N3O5. The summed E-state index contributed by atoms with van der Waals surface area (Å²) in [6.07, 6.45) is 0.229. The molecule has 20 heavy (non-hydrogen) atoms. The molecule has 1 aliphatic rings. The van der Waals surface area contributed by atoms with Crippen LogP contribution < -0.4 is 10.6 Å². The van der Waals surface area contributed by atoms with Crippen LogP contribution in [0.4, 0.5) is 4.79 Å². The Morgan fingerprint density at radius 1 is 1.45 bits per heavy atom. The van der Waals surface area contributed by atoms with E-state index in [1.54, 1.807) is 6.92 Å². The van der Waals surface area contributed by atoms with Crippen molar-refractivity contribution in [1.82, 2.24) is 15.5 Å². The average molecular weight is 287 g/mol. The number of amides is 3. The van der Waals surface area contributed by atoms with E-state index in [2.05, 4.69) is 10.6 Å². The summed E-state index contributed by atoms with van der Waals surface area (Å²) in [5.74, 6) is -1.67. The first-order valence-corrected chi connectivity index (χ1v) is 6.38. The van der Waals surface area contributed by atoms with Gasteiger partial charge < -0.3 is 25.4 Å². The van der Waals surface area contributed by atoms with Crippen molar-refractivity contribution >= 4 is 17.9 Å². The van der Waals surface area contributed by atoms with Gasteiger partial charge in [0.1, 0.15) is 0 Å². The van der Waals surface area contributed by atoms with E-state index in [0.717, 1.165) is 0 Å². The lowest BCUT2D eigenvalue weighted by molar-refractivity contribution is -0.144. The fourth-order valence-corrected chi connectivity index (χ4v) is 2.01. The van der Waals surface area contributed by atoms with Gasteiger partial charge in [0.15, 0.2) is 5.54 Å². The van der Waals surface area contributed by atoms with Crippen LogP contribution in [0.2, 0.25) is 0 Å². The van der Waals surface area contributed by atoms with E-state index >= 15 is 0 Å². The fraction of sp³-hybridized carbons (Fsp3) is 0.750. The Balaban J connectivity index is 2.61. The van der Waals surface area contributed by atoms with Gasteiger partial charge in [-0.25, -0.2) is 9.59 Å². The molecule has 0 aromatic rings. The van der Waals surface area contributed by atoms with Crippen molar-refractivity contribution in [2.45, 2.75) is 18.9 Å². The second-order valence-electron chi connectivity index (χ2n) is 5.02. The molecule has 1 heterocycles. The minimum absolute atomic E-state index is 0.0487. The number of carbonyl (C=O) groups is 3. The van der Waals surface area contributed by atoms with E-state index in [4.69, 9.17) is 4.74 Å². The zero-order valence-electron chi connectivity index (χ0n) is 11.9. The number of urea groups is 1. The predicted molar refractivity (Wildman–Crippen MR) is 70.2 cm³/mol. The van der Waals surface area contributed by atoms with Gasteiger partial charge >= 0.3 is 12.0 Å². The predicted octanol–water partition coefficient (Wildman–Crippen LogP) is -0.746. The number of carboxylic acid groups (broad SMARTS) is 1. The summed E-state index contributed by atoms with van der Waals surface area (Å²) in [5, 5.41) is 14.2. The molecule has 0 saturated carbocycles. The Hall–Kier alpha value is -1.83. The van der Waals surface area contributed by atoms with Gasteiger partial charge in [0.2, 0.25) is 5.91 Å². The Morgan fingerprint density at radius 3 is 2.55 bits per heavy atom. The van der Waals surface area contributed by atoms with Crippen molar-refractivity contribution in [3.63, 3.8) is 0 Å². The molecule has 1 saturated heterocycles. The second kappa shape index (κ2) is 6.56. The summed E-state index contributed by atoms with van der Waals surface area (Å²) in [5.41, 5.74) is -1.37. The second-order valence-corrected chi connectivity index (χ2v) is 5.02. The van der Waals surface area contributed by atoms with Gasteiger partial charge in [-0.05, 0) is 0 Å². The molecule has 1 fully saturated rings. The van der Waals surface area contributed by atoms with E-state index in [-0.39, 0.29) is 31.4 Å². The lowest BCUT2D eigenvalue weighted by Gasteiger charge is -2.28. The molecule has 0 aliphatic carbocycles. The van der Waals surface area contributed by atoms with Gasteiger partial charge in [0.25, 0.3) is 0 Å². The number of nitrogens with zero attached hydrogens (tertiary/aromatic N) is 1. The van der Waals surface area contributed by atoms with Crippen molar-refractivity contribution in [2.24, 2.45) is 5.92 Å². The minimum atomic E-state index is -1.37. The van der Waals surface area contributed by atoms with Crippen LogP contribution in [0.25, 0.3) is 0 Å². The monoisotopic (exact) mass is 287 g/mol. The van der Waals surface area contributed by atoms with E-state index in [1.807, 2.05) is 0 Å². The summed E-state index contributed by atoms with van der Waals surface area (Å²) in [6.45, 7) is 2.13. The molecular weight excluding hydrogens is 266 g/mol. The third-order valence-corrected chi connectivity index (χ3v) is 3.37. The molecule has 3 amide bonds. The van der Waals surface area contributed by atoms with Crippen LogP contribution >= 0.6 is 0 Å². The summed E-state index contributed by atoms with van der Waals surface area (Å²) in [4.78, 5) is 36.0. The number of rotatable bonds is 5. The maximum absolute atomic E-state index is 12.0. The Bertz CT molecular complexity index is 393. The average Bonchev–Trinajstić information content (AvgIpc) is 2.87. The molecule has 2 atom stereocenters. The van der Waals surface area contributed by atoms with Crippen molar-refractivity contribution in [3.05, 3.63) is 0 Å². The number of carbonyl (C=O) groups excluding carboxylic acids is 2. The number of ether oxygens (including phenoxy) is 1. The lowest BCUT2D eigenvalue weighted by Crippen LogP contribution is -2.58. The van der Waals surface area contributed by atoms with E-state index in [1.165, 1.54) is 19.0 Å². The molecule has 3 N–H and O–H groups in total. The van der Waals surface area contributed by atoms with Crippen molar-refractivity contribution in [3.8, 4) is 0 Å². The van der Waals surface area contributed by atoms with Crippen molar-refractivity contribution in [1.29, 1.82) is 0 Å². The molecule has 0 bridgehead atoms. The van der Waals surface area contributed by atoms with Gasteiger partial charge in [0, 0.05) is 33.7 Å². The zero-order valence-corrected chi connectivity index (χ0v) is 11.9. The molecule has 2 unspecified atom stereocenters. The highest BCUT2D eigenvalue weighted by molar-refractivity contribution is 5.87. The normalized spacial score (nSPS) is 22.9. The van der Waals surface area contributed by atoms with Crippen LogP contribution in [0, 0.1) is 5.92 Å². The largest absolute Gasteiger partial charge is 0.479 e. The third kappa shape index (κ3) is 3.60. The molecule has 8 nitrogen and oxygen atoms in total. The Kier molecular flexibility index (Phi) is 5.32. The molecule has 0 spiro atoms. The van der Waals surface area contributed by atoms with E-state index in [9.17, 15) is 19.5 Å². The van der Waals surface area contributed by atoms with Crippen LogP contribution in [0.1, 0.15) is 13.3 Å². The third-order valence-electron chi connectivity index (χ3n) is 3.37. The Morgan fingerprint density at radius 2 is 2.10 bits per heavy atom. The SMILES string of the molecule is CNC(=O)C(C)CN(C)C(=O)NC1(C(=O)O)CCOC1. The lowest BCUT2D eigenvalue weighted by atomic mass is 9.99. The summed E-state index contributed by atoms with van der Waals surface area (Å²) < 4.78 is 5.06. The molecule has 1 rings (SSSR count).